The van der Waals surface area contributed by atoms with Crippen molar-refractivity contribution in [2.75, 3.05) is 11.9 Å². The molecule has 94 valence electrons. The smallest absolute Gasteiger partial charge is 0.124 e. The van der Waals surface area contributed by atoms with Gasteiger partial charge in [-0.15, -0.1) is 11.3 Å². The molecule has 18 heavy (non-hydrogen) atoms. The van der Waals surface area contributed by atoms with Gasteiger partial charge in [0.1, 0.15) is 5.84 Å². The molecule has 0 aliphatic rings. The molecule has 0 unspecified atom stereocenters. The van der Waals surface area contributed by atoms with Crippen LogP contribution in [0.5, 0.6) is 0 Å². The molecule has 0 atom stereocenters. The van der Waals surface area contributed by atoms with E-state index in [2.05, 4.69) is 20.9 Å². The first-order valence-corrected chi connectivity index (χ1v) is 7.03. The SMILES string of the molecule is CN(Cc1cscn1)c1cc(Br)ccc1C(=N)N. The highest BCUT2D eigenvalue weighted by molar-refractivity contribution is 9.10. The number of thiazole rings is 1. The first kappa shape index (κ1) is 13.0. The lowest BCUT2D eigenvalue weighted by atomic mass is 10.1. The van der Waals surface area contributed by atoms with Crippen molar-refractivity contribution >= 4 is 38.8 Å². The molecule has 0 radical (unpaired) electrons. The van der Waals surface area contributed by atoms with Crippen LogP contribution in [-0.4, -0.2) is 17.9 Å². The van der Waals surface area contributed by atoms with Crippen LogP contribution in [0.25, 0.3) is 0 Å². The van der Waals surface area contributed by atoms with Gasteiger partial charge in [0.2, 0.25) is 0 Å². The Labute approximate surface area is 118 Å². The van der Waals surface area contributed by atoms with Crippen molar-refractivity contribution in [3.05, 3.63) is 44.8 Å². The zero-order valence-electron chi connectivity index (χ0n) is 9.85. The Hall–Kier alpha value is -1.40. The van der Waals surface area contributed by atoms with E-state index in [0.717, 1.165) is 21.4 Å². The molecular formula is C12H13BrN4S. The van der Waals surface area contributed by atoms with E-state index >= 15 is 0 Å². The minimum absolute atomic E-state index is 0.0719. The van der Waals surface area contributed by atoms with Crippen molar-refractivity contribution in [1.82, 2.24) is 4.98 Å². The fourth-order valence-corrected chi connectivity index (χ4v) is 2.59. The lowest BCUT2D eigenvalue weighted by Gasteiger charge is -2.21. The number of benzene rings is 1. The largest absolute Gasteiger partial charge is 0.384 e. The third-order valence-corrected chi connectivity index (χ3v) is 3.67. The van der Waals surface area contributed by atoms with Gasteiger partial charge in [0.15, 0.2) is 0 Å². The molecule has 0 saturated heterocycles. The van der Waals surface area contributed by atoms with Gasteiger partial charge < -0.3 is 10.6 Å². The minimum atomic E-state index is 0.0719. The van der Waals surface area contributed by atoms with Gasteiger partial charge in [0, 0.05) is 28.2 Å². The molecule has 0 fully saturated rings. The summed E-state index contributed by atoms with van der Waals surface area (Å²) in [4.78, 5) is 6.30. The summed E-state index contributed by atoms with van der Waals surface area (Å²) in [5, 5.41) is 9.63. The molecule has 2 aromatic rings. The van der Waals surface area contributed by atoms with Crippen LogP contribution >= 0.6 is 27.3 Å². The van der Waals surface area contributed by atoms with Crippen LogP contribution in [0.3, 0.4) is 0 Å². The Morgan fingerprint density at radius 1 is 1.56 bits per heavy atom. The molecule has 4 nitrogen and oxygen atoms in total. The number of hydrogen-bond acceptors (Lipinski definition) is 4. The topological polar surface area (TPSA) is 66.0 Å². The molecule has 0 saturated carbocycles. The maximum absolute atomic E-state index is 7.61. The number of nitrogens with two attached hydrogens (primary N) is 1. The third kappa shape index (κ3) is 2.88. The fourth-order valence-electron chi connectivity index (χ4n) is 1.69. The number of halogens is 1. The van der Waals surface area contributed by atoms with Crippen molar-refractivity contribution in [1.29, 1.82) is 5.41 Å². The second kappa shape index (κ2) is 5.49. The molecule has 0 bridgehead atoms. The van der Waals surface area contributed by atoms with Crippen LogP contribution < -0.4 is 10.6 Å². The Balaban J connectivity index is 2.31. The number of rotatable bonds is 4. The van der Waals surface area contributed by atoms with Gasteiger partial charge >= 0.3 is 0 Å². The maximum atomic E-state index is 7.61. The predicted molar refractivity (Wildman–Crippen MR) is 79.4 cm³/mol. The van der Waals surface area contributed by atoms with Gasteiger partial charge in [-0.1, -0.05) is 15.9 Å². The third-order valence-electron chi connectivity index (χ3n) is 2.54. The van der Waals surface area contributed by atoms with Gasteiger partial charge in [0.25, 0.3) is 0 Å². The highest BCUT2D eigenvalue weighted by atomic mass is 79.9. The molecule has 0 aliphatic carbocycles. The van der Waals surface area contributed by atoms with E-state index in [1.165, 1.54) is 0 Å². The molecule has 6 heteroatoms. The van der Waals surface area contributed by atoms with Crippen molar-refractivity contribution in [3.8, 4) is 0 Å². The first-order chi connectivity index (χ1) is 8.58. The summed E-state index contributed by atoms with van der Waals surface area (Å²) in [5.74, 6) is 0.0719. The van der Waals surface area contributed by atoms with Crippen molar-refractivity contribution < 1.29 is 0 Å². The summed E-state index contributed by atoms with van der Waals surface area (Å²) in [7, 11) is 1.97. The van der Waals surface area contributed by atoms with Crippen molar-refractivity contribution in [3.63, 3.8) is 0 Å². The highest BCUT2D eigenvalue weighted by Crippen LogP contribution is 2.25. The van der Waals surface area contributed by atoms with E-state index < -0.39 is 0 Å². The van der Waals surface area contributed by atoms with Gasteiger partial charge in [-0.05, 0) is 18.2 Å². The summed E-state index contributed by atoms with van der Waals surface area (Å²) in [5.41, 5.74) is 10.1. The predicted octanol–water partition coefficient (Wildman–Crippen LogP) is 2.83. The lowest BCUT2D eigenvalue weighted by Crippen LogP contribution is -2.22. The number of nitrogens with one attached hydrogen (secondary N) is 1. The standard InChI is InChI=1S/C12H13BrN4S/c1-17(5-9-6-18-7-16-9)11-4-8(13)2-3-10(11)12(14)15/h2-4,6-7H,5H2,1H3,(H3,14,15). The van der Waals surface area contributed by atoms with Crippen LogP contribution in [0.2, 0.25) is 0 Å². The van der Waals surface area contributed by atoms with Crippen LogP contribution in [0.4, 0.5) is 5.69 Å². The minimum Gasteiger partial charge on any atom is -0.384 e. The van der Waals surface area contributed by atoms with E-state index in [4.69, 9.17) is 11.1 Å². The molecule has 0 aliphatic heterocycles. The Morgan fingerprint density at radius 3 is 2.94 bits per heavy atom. The van der Waals surface area contributed by atoms with Crippen LogP contribution in [0.15, 0.2) is 33.6 Å². The summed E-state index contributed by atoms with van der Waals surface area (Å²) in [6.45, 7) is 0.695. The van der Waals surface area contributed by atoms with Gasteiger partial charge in [-0.3, -0.25) is 5.41 Å². The van der Waals surface area contributed by atoms with Gasteiger partial charge in [-0.2, -0.15) is 0 Å². The monoisotopic (exact) mass is 324 g/mol. The molecule has 1 heterocycles. The molecule has 1 aromatic carbocycles. The molecular weight excluding hydrogens is 312 g/mol. The van der Waals surface area contributed by atoms with E-state index in [1.54, 1.807) is 11.3 Å². The molecule has 1 aromatic heterocycles. The van der Waals surface area contributed by atoms with E-state index in [0.29, 0.717) is 6.54 Å². The molecule has 0 spiro atoms. The highest BCUT2D eigenvalue weighted by Gasteiger charge is 2.11. The summed E-state index contributed by atoms with van der Waals surface area (Å²) < 4.78 is 0.965. The number of nitrogen functional groups attached to an aromatic ring is 1. The van der Waals surface area contributed by atoms with E-state index in [9.17, 15) is 0 Å². The number of aromatic nitrogens is 1. The number of hydrogen-bond donors (Lipinski definition) is 2. The summed E-state index contributed by atoms with van der Waals surface area (Å²) in [6.07, 6.45) is 0. The zero-order chi connectivity index (χ0) is 13.1. The Kier molecular flexibility index (Phi) is 3.98. The average molecular weight is 325 g/mol. The van der Waals surface area contributed by atoms with Crippen LogP contribution in [-0.2, 0) is 6.54 Å². The Bertz CT molecular complexity index is 553. The number of amidine groups is 1. The van der Waals surface area contributed by atoms with E-state index in [-0.39, 0.29) is 5.84 Å². The second-order valence-electron chi connectivity index (χ2n) is 3.91. The molecule has 3 N–H and O–H groups in total. The number of anilines is 1. The number of nitrogens with zero attached hydrogens (tertiary/aromatic N) is 2. The summed E-state index contributed by atoms with van der Waals surface area (Å²) >= 11 is 5.02. The first-order valence-electron chi connectivity index (χ1n) is 5.30. The quantitative estimate of drug-likeness (QED) is 0.671. The van der Waals surface area contributed by atoms with Gasteiger partial charge in [0.05, 0.1) is 17.7 Å². The van der Waals surface area contributed by atoms with Crippen molar-refractivity contribution in [2.24, 2.45) is 5.73 Å². The maximum Gasteiger partial charge on any atom is 0.124 e. The van der Waals surface area contributed by atoms with Crippen LogP contribution in [0, 0.1) is 5.41 Å². The van der Waals surface area contributed by atoms with Crippen molar-refractivity contribution in [2.45, 2.75) is 6.54 Å². The lowest BCUT2D eigenvalue weighted by molar-refractivity contribution is 0.893. The average Bonchev–Trinajstić information content (AvgIpc) is 2.81. The second-order valence-corrected chi connectivity index (χ2v) is 5.55. The zero-order valence-corrected chi connectivity index (χ0v) is 12.3. The fraction of sp³-hybridized carbons (Fsp3) is 0.167. The summed E-state index contributed by atoms with van der Waals surface area (Å²) in [6, 6.07) is 5.69. The molecule has 2 rings (SSSR count). The van der Waals surface area contributed by atoms with E-state index in [1.807, 2.05) is 41.0 Å². The Morgan fingerprint density at radius 2 is 2.33 bits per heavy atom. The van der Waals surface area contributed by atoms with Gasteiger partial charge in [-0.25, -0.2) is 4.98 Å². The molecule has 0 amide bonds. The normalized spacial score (nSPS) is 10.3. The van der Waals surface area contributed by atoms with Crippen LogP contribution in [0.1, 0.15) is 11.3 Å².